The third-order valence-electron chi connectivity index (χ3n) is 8.42. The van der Waals surface area contributed by atoms with Crippen LogP contribution >= 0.6 is 0 Å². The summed E-state index contributed by atoms with van der Waals surface area (Å²) in [5.74, 6) is 0.782. The van der Waals surface area contributed by atoms with Crippen molar-refractivity contribution in [3.8, 4) is 39.5 Å². The summed E-state index contributed by atoms with van der Waals surface area (Å²) < 4.78 is 10.4. The van der Waals surface area contributed by atoms with E-state index in [0.29, 0.717) is 0 Å². The molecule has 0 aliphatic heterocycles. The number of nitrogens with zero attached hydrogens (tertiary/aromatic N) is 3. The number of furan rings is 1. The summed E-state index contributed by atoms with van der Waals surface area (Å²) in [6.07, 6.45) is 1.72. The number of hydrogen-bond donors (Lipinski definition) is 0. The maximum absolute atomic E-state index is 5.93. The zero-order valence-electron chi connectivity index (χ0n) is 23.2. The van der Waals surface area contributed by atoms with Gasteiger partial charge in [0.25, 0.3) is 0 Å². The second-order valence-corrected chi connectivity index (χ2v) is 10.9. The van der Waals surface area contributed by atoms with E-state index in [4.69, 9.17) is 9.52 Å². The van der Waals surface area contributed by atoms with E-state index in [2.05, 4.69) is 136 Å². The maximum Gasteiger partial charge on any atom is 0.152 e. The maximum atomic E-state index is 5.93. The van der Waals surface area contributed by atoms with E-state index in [0.717, 1.165) is 61.3 Å². The van der Waals surface area contributed by atoms with Crippen molar-refractivity contribution >= 4 is 38.1 Å². The molecule has 0 spiro atoms. The average molecular weight is 552 g/mol. The van der Waals surface area contributed by atoms with Gasteiger partial charge in [-0.2, -0.15) is 5.10 Å². The second-order valence-electron chi connectivity index (χ2n) is 10.9. The number of pyridine rings is 1. The van der Waals surface area contributed by atoms with Crippen LogP contribution in [-0.2, 0) is 0 Å². The third kappa shape index (κ3) is 3.60. The number of rotatable bonds is 4. The number of fused-ring (bicyclic) bond motifs is 6. The average Bonchev–Trinajstić information content (AvgIpc) is 3.82. The van der Waals surface area contributed by atoms with Crippen LogP contribution in [0.3, 0.4) is 0 Å². The van der Waals surface area contributed by atoms with Crippen molar-refractivity contribution in [3.05, 3.63) is 152 Å². The SMILES string of the molecule is c1ccc(-c2nn3c(-c4ccco4)cc4ccccc4c3c2-c2ccc3c4ccccc4n(-c4ccccc4)c3c2)cc1. The lowest BCUT2D eigenvalue weighted by Gasteiger charge is -2.11. The molecule has 0 aliphatic rings. The predicted octanol–water partition coefficient (Wildman–Crippen LogP) is 10.2. The van der Waals surface area contributed by atoms with Crippen LogP contribution in [0.1, 0.15) is 0 Å². The number of aromatic nitrogens is 3. The van der Waals surface area contributed by atoms with Gasteiger partial charge in [-0.15, -0.1) is 0 Å². The Morgan fingerprint density at radius 1 is 0.535 bits per heavy atom. The molecular formula is C39H25N3O. The molecule has 4 heteroatoms. The molecule has 4 heterocycles. The van der Waals surface area contributed by atoms with Gasteiger partial charge in [0.05, 0.1) is 22.8 Å². The van der Waals surface area contributed by atoms with Crippen LogP contribution in [0.5, 0.6) is 0 Å². The number of hydrogen-bond acceptors (Lipinski definition) is 2. The van der Waals surface area contributed by atoms with E-state index >= 15 is 0 Å². The lowest BCUT2D eigenvalue weighted by Crippen LogP contribution is -1.95. The second kappa shape index (κ2) is 9.33. The van der Waals surface area contributed by atoms with E-state index in [1.54, 1.807) is 6.26 Å². The topological polar surface area (TPSA) is 35.4 Å². The first-order chi connectivity index (χ1) is 21.3. The van der Waals surface area contributed by atoms with E-state index < -0.39 is 0 Å². The van der Waals surface area contributed by atoms with Crippen molar-refractivity contribution in [3.63, 3.8) is 0 Å². The molecule has 202 valence electrons. The quantitative estimate of drug-likeness (QED) is 0.218. The Morgan fingerprint density at radius 3 is 2.07 bits per heavy atom. The van der Waals surface area contributed by atoms with Crippen LogP contribution in [0.25, 0.3) is 77.6 Å². The standard InChI is InChI=1S/C39H25N3O/c1-3-12-26(13-4-1)38-37(39-30-17-8-7-14-27(30)24-35(42(39)40-38)36-20-11-23-43-36)28-21-22-32-31-18-9-10-19-33(31)41(34(32)25-28)29-15-5-2-6-16-29/h1-25H. The highest BCUT2D eigenvalue weighted by atomic mass is 16.3. The molecule has 0 bridgehead atoms. The van der Waals surface area contributed by atoms with Crippen molar-refractivity contribution in [2.45, 2.75) is 0 Å². The van der Waals surface area contributed by atoms with Gasteiger partial charge in [0.15, 0.2) is 5.76 Å². The normalized spacial score (nSPS) is 11.7. The van der Waals surface area contributed by atoms with Crippen LogP contribution in [0, 0.1) is 0 Å². The number of benzene rings is 5. The molecule has 4 aromatic heterocycles. The lowest BCUT2D eigenvalue weighted by atomic mass is 9.96. The highest BCUT2D eigenvalue weighted by Crippen LogP contribution is 2.43. The van der Waals surface area contributed by atoms with E-state index in [1.807, 2.05) is 18.2 Å². The Balaban J connectivity index is 1.44. The van der Waals surface area contributed by atoms with Crippen molar-refractivity contribution in [1.82, 2.24) is 14.2 Å². The molecule has 0 N–H and O–H groups in total. The van der Waals surface area contributed by atoms with Gasteiger partial charge >= 0.3 is 0 Å². The molecule has 0 radical (unpaired) electrons. The molecule has 0 unspecified atom stereocenters. The summed E-state index contributed by atoms with van der Waals surface area (Å²) in [6.45, 7) is 0. The summed E-state index contributed by atoms with van der Waals surface area (Å²) in [7, 11) is 0. The van der Waals surface area contributed by atoms with Crippen molar-refractivity contribution in [2.75, 3.05) is 0 Å². The molecule has 0 atom stereocenters. The number of para-hydroxylation sites is 2. The zero-order valence-corrected chi connectivity index (χ0v) is 23.2. The molecule has 9 aromatic rings. The summed E-state index contributed by atoms with van der Waals surface area (Å²) >= 11 is 0. The van der Waals surface area contributed by atoms with Gasteiger partial charge < -0.3 is 8.98 Å². The summed E-state index contributed by atoms with van der Waals surface area (Å²) in [5, 5.41) is 10.1. The summed E-state index contributed by atoms with van der Waals surface area (Å²) in [5.41, 5.74) is 9.69. The monoisotopic (exact) mass is 551 g/mol. The van der Waals surface area contributed by atoms with E-state index in [-0.39, 0.29) is 0 Å². The molecular weight excluding hydrogens is 526 g/mol. The first-order valence-electron chi connectivity index (χ1n) is 14.5. The van der Waals surface area contributed by atoms with Crippen LogP contribution < -0.4 is 0 Å². The Bertz CT molecular complexity index is 2430. The highest BCUT2D eigenvalue weighted by Gasteiger charge is 2.23. The van der Waals surface area contributed by atoms with E-state index in [1.165, 1.54) is 16.3 Å². The zero-order chi connectivity index (χ0) is 28.3. The minimum absolute atomic E-state index is 0.782. The first kappa shape index (κ1) is 23.8. The smallest absolute Gasteiger partial charge is 0.152 e. The largest absolute Gasteiger partial charge is 0.463 e. The molecule has 43 heavy (non-hydrogen) atoms. The predicted molar refractivity (Wildman–Crippen MR) is 176 cm³/mol. The molecule has 9 rings (SSSR count). The van der Waals surface area contributed by atoms with Crippen LogP contribution in [0.15, 0.2) is 156 Å². The van der Waals surface area contributed by atoms with Crippen molar-refractivity contribution < 1.29 is 4.42 Å². The van der Waals surface area contributed by atoms with Gasteiger partial charge in [-0.1, -0.05) is 103 Å². The van der Waals surface area contributed by atoms with Gasteiger partial charge in [-0.05, 0) is 53.4 Å². The molecule has 0 saturated carbocycles. The molecule has 0 amide bonds. The van der Waals surface area contributed by atoms with Gasteiger partial charge in [0.1, 0.15) is 11.4 Å². The van der Waals surface area contributed by atoms with Gasteiger partial charge in [-0.3, -0.25) is 0 Å². The fraction of sp³-hybridized carbons (Fsp3) is 0. The Morgan fingerprint density at radius 2 is 1.26 bits per heavy atom. The highest BCUT2D eigenvalue weighted by molar-refractivity contribution is 6.13. The fourth-order valence-corrected chi connectivity index (χ4v) is 6.54. The molecule has 0 aliphatic carbocycles. The van der Waals surface area contributed by atoms with E-state index in [9.17, 15) is 0 Å². The van der Waals surface area contributed by atoms with Gasteiger partial charge in [0, 0.05) is 33.0 Å². The van der Waals surface area contributed by atoms with Crippen molar-refractivity contribution in [2.24, 2.45) is 0 Å². The minimum atomic E-state index is 0.782. The van der Waals surface area contributed by atoms with Crippen LogP contribution in [0.2, 0.25) is 0 Å². The molecule has 5 aromatic carbocycles. The third-order valence-corrected chi connectivity index (χ3v) is 8.42. The fourth-order valence-electron chi connectivity index (χ4n) is 6.54. The van der Waals surface area contributed by atoms with Crippen molar-refractivity contribution in [1.29, 1.82) is 0 Å². The van der Waals surface area contributed by atoms with Crippen LogP contribution in [-0.4, -0.2) is 14.2 Å². The summed E-state index contributed by atoms with van der Waals surface area (Å²) in [4.78, 5) is 0. The summed E-state index contributed by atoms with van der Waals surface area (Å²) in [6, 6.07) is 51.2. The molecule has 0 fully saturated rings. The first-order valence-corrected chi connectivity index (χ1v) is 14.5. The van der Waals surface area contributed by atoms with Gasteiger partial charge in [0.2, 0.25) is 0 Å². The molecule has 0 saturated heterocycles. The Labute approximate surface area is 247 Å². The Hall–Kier alpha value is -5.87. The lowest BCUT2D eigenvalue weighted by molar-refractivity contribution is 0.578. The minimum Gasteiger partial charge on any atom is -0.463 e. The Kier molecular flexibility index (Phi) is 5.16. The van der Waals surface area contributed by atoms with Crippen LogP contribution in [0.4, 0.5) is 0 Å². The van der Waals surface area contributed by atoms with Gasteiger partial charge in [-0.25, -0.2) is 4.52 Å². The molecule has 4 nitrogen and oxygen atoms in total.